The quantitative estimate of drug-likeness (QED) is 0.698. The van der Waals surface area contributed by atoms with Gasteiger partial charge in [0.05, 0.1) is 17.4 Å². The largest absolute Gasteiger partial charge is 0.335 e. The maximum Gasteiger partial charge on any atom is 0.276 e. The first-order valence-electron chi connectivity index (χ1n) is 8.00. The molecule has 1 amide bonds. The number of pyridine rings is 1. The van der Waals surface area contributed by atoms with Gasteiger partial charge < -0.3 is 4.90 Å². The molecule has 0 N–H and O–H groups in total. The van der Waals surface area contributed by atoms with Crippen molar-refractivity contribution < 1.29 is 4.79 Å². The van der Waals surface area contributed by atoms with Gasteiger partial charge in [-0.15, -0.1) is 5.10 Å². The molecule has 1 aliphatic heterocycles. The molecule has 24 heavy (non-hydrogen) atoms. The van der Waals surface area contributed by atoms with Gasteiger partial charge in [-0.1, -0.05) is 11.3 Å². The van der Waals surface area contributed by atoms with Gasteiger partial charge in [0, 0.05) is 46.0 Å². The highest BCUT2D eigenvalue weighted by atomic mass is 16.2. The highest BCUT2D eigenvalue weighted by Gasteiger charge is 2.24. The van der Waals surface area contributed by atoms with E-state index in [1.807, 2.05) is 33.8 Å². The monoisotopic (exact) mass is 325 g/mol. The van der Waals surface area contributed by atoms with Gasteiger partial charge in [-0.2, -0.15) is 5.10 Å². The van der Waals surface area contributed by atoms with E-state index in [-0.39, 0.29) is 5.91 Å². The molecule has 0 atom stereocenters. The van der Waals surface area contributed by atoms with Gasteiger partial charge in [0.2, 0.25) is 0 Å². The predicted molar refractivity (Wildman–Crippen MR) is 87.4 cm³/mol. The standard InChI is InChI=1S/C16H19N7O/c1-20-12-15(17-19-20)16(24)22-8-6-21(7-9-22)11-13-10-14-4-2-3-5-23(14)18-13/h2-5,10,12H,6-9,11H2,1H3. The number of aryl methyl sites for hydroxylation is 1. The van der Waals surface area contributed by atoms with Crippen LogP contribution in [0.2, 0.25) is 0 Å². The van der Waals surface area contributed by atoms with Crippen LogP contribution in [0.25, 0.3) is 5.52 Å². The first-order chi connectivity index (χ1) is 11.7. The van der Waals surface area contributed by atoms with Crippen LogP contribution in [0, 0.1) is 0 Å². The summed E-state index contributed by atoms with van der Waals surface area (Å²) in [5.41, 5.74) is 2.56. The third kappa shape index (κ3) is 2.88. The van der Waals surface area contributed by atoms with Crippen LogP contribution in [-0.2, 0) is 13.6 Å². The minimum Gasteiger partial charge on any atom is -0.335 e. The zero-order valence-electron chi connectivity index (χ0n) is 13.5. The molecule has 1 aliphatic rings. The van der Waals surface area contributed by atoms with E-state index < -0.39 is 0 Å². The second-order valence-electron chi connectivity index (χ2n) is 6.05. The van der Waals surface area contributed by atoms with Crippen LogP contribution in [0.5, 0.6) is 0 Å². The number of carbonyl (C=O) groups is 1. The predicted octanol–water partition coefficient (Wildman–Crippen LogP) is 0.421. The first-order valence-corrected chi connectivity index (χ1v) is 8.00. The van der Waals surface area contributed by atoms with E-state index in [0.717, 1.165) is 30.8 Å². The number of hydrogen-bond acceptors (Lipinski definition) is 5. The zero-order valence-corrected chi connectivity index (χ0v) is 13.5. The number of amides is 1. The number of piperazine rings is 1. The van der Waals surface area contributed by atoms with Crippen molar-refractivity contribution in [1.29, 1.82) is 0 Å². The molecule has 124 valence electrons. The number of rotatable bonds is 3. The summed E-state index contributed by atoms with van der Waals surface area (Å²) in [6, 6.07) is 8.14. The van der Waals surface area contributed by atoms with Crippen LogP contribution in [-0.4, -0.2) is 66.5 Å². The van der Waals surface area contributed by atoms with E-state index in [0.29, 0.717) is 18.8 Å². The van der Waals surface area contributed by atoms with Crippen molar-refractivity contribution in [3.05, 3.63) is 48.0 Å². The summed E-state index contributed by atoms with van der Waals surface area (Å²) in [5, 5.41) is 12.3. The maximum absolute atomic E-state index is 12.4. The van der Waals surface area contributed by atoms with Crippen LogP contribution in [0.15, 0.2) is 36.7 Å². The van der Waals surface area contributed by atoms with Gasteiger partial charge in [0.15, 0.2) is 5.69 Å². The Bertz CT molecular complexity index is 827. The number of nitrogens with zero attached hydrogens (tertiary/aromatic N) is 7. The van der Waals surface area contributed by atoms with Crippen LogP contribution in [0.1, 0.15) is 16.2 Å². The molecule has 0 aliphatic carbocycles. The SMILES string of the molecule is Cn1cc(C(=O)N2CCN(Cc3cc4ccccn4n3)CC2)nn1. The molecule has 0 unspecified atom stereocenters. The van der Waals surface area contributed by atoms with E-state index >= 15 is 0 Å². The lowest BCUT2D eigenvalue weighted by molar-refractivity contribution is 0.0621. The lowest BCUT2D eigenvalue weighted by Crippen LogP contribution is -2.48. The summed E-state index contributed by atoms with van der Waals surface area (Å²) in [4.78, 5) is 16.5. The van der Waals surface area contributed by atoms with Crippen LogP contribution >= 0.6 is 0 Å². The van der Waals surface area contributed by atoms with E-state index in [2.05, 4.69) is 26.4 Å². The van der Waals surface area contributed by atoms with Crippen molar-refractivity contribution in [1.82, 2.24) is 34.4 Å². The summed E-state index contributed by atoms with van der Waals surface area (Å²) >= 11 is 0. The van der Waals surface area contributed by atoms with Gasteiger partial charge in [-0.3, -0.25) is 14.4 Å². The van der Waals surface area contributed by atoms with Gasteiger partial charge in [-0.25, -0.2) is 4.52 Å². The summed E-state index contributed by atoms with van der Waals surface area (Å²) in [5.74, 6) is -0.0459. The third-order valence-corrected chi connectivity index (χ3v) is 4.29. The number of hydrogen-bond donors (Lipinski definition) is 0. The van der Waals surface area contributed by atoms with Crippen LogP contribution in [0.4, 0.5) is 0 Å². The molecule has 0 saturated carbocycles. The Morgan fingerprint density at radius 2 is 2.04 bits per heavy atom. The van der Waals surface area contributed by atoms with Gasteiger partial charge in [0.25, 0.3) is 5.91 Å². The fourth-order valence-corrected chi connectivity index (χ4v) is 3.01. The molecule has 3 aromatic rings. The van der Waals surface area contributed by atoms with Crippen molar-refractivity contribution in [2.45, 2.75) is 6.54 Å². The average molecular weight is 325 g/mol. The molecule has 4 heterocycles. The minimum absolute atomic E-state index is 0.0459. The molecule has 4 rings (SSSR count). The third-order valence-electron chi connectivity index (χ3n) is 4.29. The van der Waals surface area contributed by atoms with Crippen molar-refractivity contribution in [2.24, 2.45) is 7.05 Å². The summed E-state index contributed by atoms with van der Waals surface area (Å²) < 4.78 is 3.44. The Balaban J connectivity index is 1.36. The van der Waals surface area contributed by atoms with Crippen molar-refractivity contribution in [3.8, 4) is 0 Å². The summed E-state index contributed by atoms with van der Waals surface area (Å²) in [6.07, 6.45) is 3.61. The topological polar surface area (TPSA) is 71.6 Å². The van der Waals surface area contributed by atoms with E-state index in [1.54, 1.807) is 17.9 Å². The molecule has 0 aromatic carbocycles. The van der Waals surface area contributed by atoms with Gasteiger partial charge in [-0.05, 0) is 18.2 Å². The van der Waals surface area contributed by atoms with Gasteiger partial charge in [0.1, 0.15) is 0 Å². The molecule has 1 fully saturated rings. The van der Waals surface area contributed by atoms with Gasteiger partial charge >= 0.3 is 0 Å². The van der Waals surface area contributed by atoms with Crippen molar-refractivity contribution in [3.63, 3.8) is 0 Å². The number of carbonyl (C=O) groups excluding carboxylic acids is 1. The van der Waals surface area contributed by atoms with Crippen molar-refractivity contribution >= 4 is 11.4 Å². The average Bonchev–Trinajstić information content (AvgIpc) is 3.20. The summed E-state index contributed by atoms with van der Waals surface area (Å²) in [7, 11) is 1.76. The lowest BCUT2D eigenvalue weighted by Gasteiger charge is -2.33. The van der Waals surface area contributed by atoms with E-state index in [9.17, 15) is 4.79 Å². The Hall–Kier alpha value is -2.74. The number of aromatic nitrogens is 5. The molecular weight excluding hydrogens is 306 g/mol. The molecule has 3 aromatic heterocycles. The number of fused-ring (bicyclic) bond motifs is 1. The maximum atomic E-state index is 12.4. The molecular formula is C16H19N7O. The molecule has 0 radical (unpaired) electrons. The second-order valence-corrected chi connectivity index (χ2v) is 6.05. The molecule has 8 heteroatoms. The second kappa shape index (κ2) is 6.04. The Morgan fingerprint density at radius 1 is 1.21 bits per heavy atom. The Kier molecular flexibility index (Phi) is 3.73. The normalized spacial score (nSPS) is 16.0. The lowest BCUT2D eigenvalue weighted by atomic mass is 10.2. The van der Waals surface area contributed by atoms with Crippen molar-refractivity contribution in [2.75, 3.05) is 26.2 Å². The van der Waals surface area contributed by atoms with E-state index in [4.69, 9.17) is 0 Å². The molecule has 8 nitrogen and oxygen atoms in total. The highest BCUT2D eigenvalue weighted by molar-refractivity contribution is 5.92. The van der Waals surface area contributed by atoms with Crippen LogP contribution in [0.3, 0.4) is 0 Å². The first kappa shape index (κ1) is 14.8. The Labute approximate surface area is 139 Å². The fourth-order valence-electron chi connectivity index (χ4n) is 3.01. The summed E-state index contributed by atoms with van der Waals surface area (Å²) in [6.45, 7) is 3.86. The van der Waals surface area contributed by atoms with Crippen LogP contribution < -0.4 is 0 Å². The molecule has 0 spiro atoms. The molecule has 1 saturated heterocycles. The Morgan fingerprint density at radius 3 is 2.75 bits per heavy atom. The zero-order chi connectivity index (χ0) is 16.5. The fraction of sp³-hybridized carbons (Fsp3) is 0.375. The van der Waals surface area contributed by atoms with E-state index in [1.165, 1.54) is 0 Å². The minimum atomic E-state index is -0.0459. The smallest absolute Gasteiger partial charge is 0.276 e. The molecule has 0 bridgehead atoms. The highest BCUT2D eigenvalue weighted by Crippen LogP contribution is 2.12.